The van der Waals surface area contributed by atoms with Crippen LogP contribution >= 0.6 is 11.3 Å². The molecule has 1 aliphatic heterocycles. The maximum Gasteiger partial charge on any atom is 0.281 e. The number of aromatic nitrogens is 2. The number of hydrogen-bond donors (Lipinski definition) is 0. The number of hydrogen-bond acceptors (Lipinski definition) is 6. The van der Waals surface area contributed by atoms with E-state index in [2.05, 4.69) is 52.2 Å². The van der Waals surface area contributed by atoms with Crippen molar-refractivity contribution in [2.45, 2.75) is 32.7 Å². The molecule has 1 saturated heterocycles. The second-order valence-corrected chi connectivity index (χ2v) is 10.4. The maximum atomic E-state index is 6.00. The lowest BCUT2D eigenvalue weighted by atomic mass is 9.69. The standard InChI is InChI=1S/C27H27N3O2S/c1-27(11-3-2-4-12-27)20-9-14-30(15-10-20)17-19-18-31-23-16-21(7-8-22(19)23)32-26-29-25-24(33-26)6-5-13-28-25/h2-8,11,13,16,18,20H,9-10,12,14-15,17H2,1H3. The lowest BCUT2D eigenvalue weighted by molar-refractivity contribution is 0.114. The molecule has 0 spiro atoms. The maximum absolute atomic E-state index is 6.00. The average molecular weight is 458 g/mol. The lowest BCUT2D eigenvalue weighted by Gasteiger charge is -2.41. The first-order valence-electron chi connectivity index (χ1n) is 11.6. The second-order valence-electron chi connectivity index (χ2n) is 9.37. The molecule has 3 aromatic heterocycles. The molecular formula is C27H27N3O2S. The summed E-state index contributed by atoms with van der Waals surface area (Å²) in [6.07, 6.45) is 16.4. The Labute approximate surface area is 197 Å². The summed E-state index contributed by atoms with van der Waals surface area (Å²) in [6.45, 7) is 5.62. The quantitative estimate of drug-likeness (QED) is 0.324. The van der Waals surface area contributed by atoms with Gasteiger partial charge in [-0.2, -0.15) is 4.98 Å². The third-order valence-electron chi connectivity index (χ3n) is 7.17. The van der Waals surface area contributed by atoms with Gasteiger partial charge in [-0.1, -0.05) is 42.6 Å². The van der Waals surface area contributed by atoms with Gasteiger partial charge in [0.25, 0.3) is 5.19 Å². The van der Waals surface area contributed by atoms with Crippen molar-refractivity contribution in [3.05, 3.63) is 72.7 Å². The molecule has 0 saturated carbocycles. The molecular weight excluding hydrogens is 430 g/mol. The number of piperidine rings is 1. The summed E-state index contributed by atoms with van der Waals surface area (Å²) in [7, 11) is 0. The van der Waals surface area contributed by atoms with Crippen molar-refractivity contribution in [1.82, 2.24) is 14.9 Å². The van der Waals surface area contributed by atoms with Crippen LogP contribution in [0.5, 0.6) is 10.9 Å². The van der Waals surface area contributed by atoms with Crippen molar-refractivity contribution < 1.29 is 9.15 Å². The van der Waals surface area contributed by atoms with Crippen molar-refractivity contribution in [2.24, 2.45) is 11.3 Å². The second kappa shape index (κ2) is 8.43. The van der Waals surface area contributed by atoms with E-state index in [1.54, 1.807) is 6.20 Å². The van der Waals surface area contributed by atoms with Crippen LogP contribution in [0.1, 0.15) is 31.7 Å². The summed E-state index contributed by atoms with van der Waals surface area (Å²) in [6, 6.07) is 9.96. The number of ether oxygens (including phenoxy) is 1. The SMILES string of the molecule is CC1(C2CCN(Cc3coc4cc(Oc5nc6ncccc6s5)ccc34)CC2)C=CC=CC1. The van der Waals surface area contributed by atoms with E-state index in [1.165, 1.54) is 36.2 Å². The van der Waals surface area contributed by atoms with Crippen LogP contribution in [0.15, 0.2) is 71.5 Å². The van der Waals surface area contributed by atoms with E-state index in [-0.39, 0.29) is 0 Å². The largest absolute Gasteiger partial charge is 0.464 e. The van der Waals surface area contributed by atoms with Gasteiger partial charge in [-0.15, -0.1) is 0 Å². The van der Waals surface area contributed by atoms with E-state index in [4.69, 9.17) is 9.15 Å². The van der Waals surface area contributed by atoms with E-state index < -0.39 is 0 Å². The van der Waals surface area contributed by atoms with Crippen molar-refractivity contribution in [3.8, 4) is 10.9 Å². The number of furan rings is 1. The molecule has 6 rings (SSSR count). The summed E-state index contributed by atoms with van der Waals surface area (Å²) in [5, 5.41) is 1.75. The van der Waals surface area contributed by atoms with E-state index >= 15 is 0 Å². The van der Waals surface area contributed by atoms with E-state index in [0.717, 1.165) is 47.0 Å². The smallest absolute Gasteiger partial charge is 0.281 e. The van der Waals surface area contributed by atoms with Crippen molar-refractivity contribution in [3.63, 3.8) is 0 Å². The summed E-state index contributed by atoms with van der Waals surface area (Å²) < 4.78 is 12.9. The minimum absolute atomic E-state index is 0.318. The molecule has 0 N–H and O–H groups in total. The highest BCUT2D eigenvalue weighted by Gasteiger charge is 2.34. The highest BCUT2D eigenvalue weighted by atomic mass is 32.1. The first-order chi connectivity index (χ1) is 16.2. The lowest BCUT2D eigenvalue weighted by Crippen LogP contribution is -2.39. The van der Waals surface area contributed by atoms with Gasteiger partial charge in [0.2, 0.25) is 0 Å². The number of fused-ring (bicyclic) bond motifs is 2. The Morgan fingerprint density at radius 1 is 1.21 bits per heavy atom. The molecule has 4 aromatic rings. The Morgan fingerprint density at radius 3 is 2.94 bits per heavy atom. The number of thiazole rings is 1. The normalized spacial score (nSPS) is 21.8. The van der Waals surface area contributed by atoms with Crippen LogP contribution in [0.3, 0.4) is 0 Å². The minimum Gasteiger partial charge on any atom is -0.464 e. The fourth-order valence-corrected chi connectivity index (χ4v) is 5.98. The van der Waals surface area contributed by atoms with Crippen LogP contribution in [0.2, 0.25) is 0 Å². The molecule has 0 bridgehead atoms. The molecule has 6 heteroatoms. The molecule has 1 aliphatic carbocycles. The monoisotopic (exact) mass is 457 g/mol. The summed E-state index contributed by atoms with van der Waals surface area (Å²) in [4.78, 5) is 11.3. The van der Waals surface area contributed by atoms with Crippen molar-refractivity contribution in [2.75, 3.05) is 13.1 Å². The van der Waals surface area contributed by atoms with Crippen LogP contribution in [0.25, 0.3) is 21.3 Å². The van der Waals surface area contributed by atoms with Crippen LogP contribution < -0.4 is 4.74 Å². The van der Waals surface area contributed by atoms with E-state index in [1.807, 2.05) is 30.5 Å². The van der Waals surface area contributed by atoms with E-state index in [0.29, 0.717) is 16.3 Å². The Morgan fingerprint density at radius 2 is 2.12 bits per heavy atom. The van der Waals surface area contributed by atoms with Gasteiger partial charge >= 0.3 is 0 Å². The Balaban J connectivity index is 1.12. The third-order valence-corrected chi connectivity index (χ3v) is 8.06. The molecule has 168 valence electrons. The zero-order chi connectivity index (χ0) is 22.3. The van der Waals surface area contributed by atoms with Gasteiger partial charge in [0.15, 0.2) is 5.65 Å². The predicted octanol–water partition coefficient (Wildman–Crippen LogP) is 6.96. The molecule has 0 amide bonds. The summed E-state index contributed by atoms with van der Waals surface area (Å²) in [5.41, 5.74) is 3.13. The number of allylic oxidation sites excluding steroid dienone is 4. The number of nitrogens with zero attached hydrogens (tertiary/aromatic N) is 3. The summed E-state index contributed by atoms with van der Waals surface area (Å²) >= 11 is 1.49. The fraction of sp³-hybridized carbons (Fsp3) is 0.333. The van der Waals surface area contributed by atoms with Gasteiger partial charge < -0.3 is 9.15 Å². The first-order valence-corrected chi connectivity index (χ1v) is 12.4. The van der Waals surface area contributed by atoms with E-state index in [9.17, 15) is 0 Å². The van der Waals surface area contributed by atoms with Crippen LogP contribution in [-0.2, 0) is 6.54 Å². The Kier molecular flexibility index (Phi) is 5.27. The number of pyridine rings is 1. The third kappa shape index (κ3) is 4.09. The average Bonchev–Trinajstić information content (AvgIpc) is 3.43. The van der Waals surface area contributed by atoms with Gasteiger partial charge in [0, 0.05) is 29.8 Å². The number of likely N-dealkylation sites (tertiary alicyclic amines) is 1. The molecule has 2 aliphatic rings. The molecule has 1 fully saturated rings. The Hall–Kier alpha value is -2.96. The number of benzene rings is 1. The fourth-order valence-electron chi connectivity index (χ4n) is 5.18. The van der Waals surface area contributed by atoms with Crippen molar-refractivity contribution >= 4 is 32.7 Å². The molecule has 0 radical (unpaired) electrons. The van der Waals surface area contributed by atoms with Gasteiger partial charge in [-0.25, -0.2) is 4.98 Å². The van der Waals surface area contributed by atoms with Gasteiger partial charge in [-0.05, 0) is 68.0 Å². The molecule has 33 heavy (non-hydrogen) atoms. The predicted molar refractivity (Wildman–Crippen MR) is 133 cm³/mol. The zero-order valence-electron chi connectivity index (χ0n) is 18.7. The van der Waals surface area contributed by atoms with Gasteiger partial charge in [0.1, 0.15) is 11.3 Å². The van der Waals surface area contributed by atoms with Crippen molar-refractivity contribution in [1.29, 1.82) is 0 Å². The zero-order valence-corrected chi connectivity index (χ0v) is 19.6. The topological polar surface area (TPSA) is 51.4 Å². The highest BCUT2D eigenvalue weighted by Crippen LogP contribution is 2.41. The van der Waals surface area contributed by atoms with Gasteiger partial charge in [0.05, 0.1) is 11.0 Å². The van der Waals surface area contributed by atoms with Crippen LogP contribution in [0.4, 0.5) is 0 Å². The first kappa shape index (κ1) is 20.6. The Bertz CT molecular complexity index is 1310. The molecule has 1 aromatic carbocycles. The number of rotatable bonds is 5. The van der Waals surface area contributed by atoms with Crippen LogP contribution in [0, 0.1) is 11.3 Å². The summed E-state index contributed by atoms with van der Waals surface area (Å²) in [5.74, 6) is 1.49. The molecule has 1 atom stereocenters. The molecule has 1 unspecified atom stereocenters. The van der Waals surface area contributed by atoms with Gasteiger partial charge in [-0.3, -0.25) is 4.90 Å². The molecule has 5 nitrogen and oxygen atoms in total. The minimum atomic E-state index is 0.318. The molecule has 4 heterocycles. The van der Waals surface area contributed by atoms with Crippen LogP contribution in [-0.4, -0.2) is 28.0 Å². The highest BCUT2D eigenvalue weighted by molar-refractivity contribution is 7.20.